The Kier molecular flexibility index (Phi) is 7.93. The van der Waals surface area contributed by atoms with Crippen LogP contribution in [0.4, 0.5) is 0 Å². The van der Waals surface area contributed by atoms with Crippen LogP contribution in [0.2, 0.25) is 18.1 Å². The molecule has 1 aromatic rings. The summed E-state index contributed by atoms with van der Waals surface area (Å²) in [7, 11) is -5.55. The van der Waals surface area contributed by atoms with Crippen molar-refractivity contribution in [2.24, 2.45) is 0 Å². The fourth-order valence-electron chi connectivity index (χ4n) is 3.33. The molecule has 1 unspecified atom stereocenters. The average molecular weight is 439 g/mol. The van der Waals surface area contributed by atoms with Gasteiger partial charge >= 0.3 is 0 Å². The van der Waals surface area contributed by atoms with E-state index in [1.165, 1.54) is 0 Å². The van der Waals surface area contributed by atoms with E-state index in [0.717, 1.165) is 6.42 Å². The summed E-state index contributed by atoms with van der Waals surface area (Å²) < 4.78 is 39.8. The largest absolute Gasteiger partial charge is 0.411 e. The highest BCUT2D eigenvalue weighted by Crippen LogP contribution is 2.39. The molecule has 6 heteroatoms. The fourth-order valence-corrected chi connectivity index (χ4v) is 6.45. The van der Waals surface area contributed by atoms with E-state index in [-0.39, 0.29) is 23.4 Å². The molecule has 164 valence electrons. The molecule has 0 saturated carbocycles. The first-order chi connectivity index (χ1) is 13.4. The first kappa shape index (κ1) is 24.3. The third kappa shape index (κ3) is 6.03. The Hall–Kier alpha value is -0.953. The van der Waals surface area contributed by atoms with E-state index in [1.54, 1.807) is 24.3 Å². The second-order valence-electron chi connectivity index (χ2n) is 9.58. The lowest BCUT2D eigenvalue weighted by atomic mass is 10.1. The third-order valence-corrected chi connectivity index (χ3v) is 13.0. The van der Waals surface area contributed by atoms with Crippen molar-refractivity contribution in [3.8, 4) is 0 Å². The predicted molar refractivity (Wildman–Crippen MR) is 122 cm³/mol. The van der Waals surface area contributed by atoms with Crippen molar-refractivity contribution in [3.05, 3.63) is 42.5 Å². The summed E-state index contributed by atoms with van der Waals surface area (Å²) >= 11 is 0. The predicted octanol–water partition coefficient (Wildman–Crippen LogP) is 5.75. The first-order valence-corrected chi connectivity index (χ1v) is 15.1. The molecule has 2 rings (SSSR count). The number of hydrogen-bond donors (Lipinski definition) is 0. The van der Waals surface area contributed by atoms with Crippen molar-refractivity contribution in [1.29, 1.82) is 0 Å². The van der Waals surface area contributed by atoms with Crippen LogP contribution in [0.5, 0.6) is 0 Å². The Morgan fingerprint density at radius 2 is 1.79 bits per heavy atom. The minimum Gasteiger partial charge on any atom is -0.411 e. The van der Waals surface area contributed by atoms with Gasteiger partial charge in [-0.25, -0.2) is 8.42 Å². The van der Waals surface area contributed by atoms with Crippen molar-refractivity contribution in [1.82, 2.24) is 0 Å². The molecule has 1 aliphatic heterocycles. The summed E-state index contributed by atoms with van der Waals surface area (Å²) in [6.45, 7) is 15.1. The second kappa shape index (κ2) is 9.46. The zero-order valence-electron chi connectivity index (χ0n) is 19.0. The maximum absolute atomic E-state index is 13.4. The molecule has 1 aliphatic rings. The van der Waals surface area contributed by atoms with Crippen molar-refractivity contribution >= 4 is 18.2 Å². The van der Waals surface area contributed by atoms with Crippen LogP contribution in [0.3, 0.4) is 0 Å². The van der Waals surface area contributed by atoms with Gasteiger partial charge in [-0.3, -0.25) is 0 Å². The number of ether oxygens (including phenoxy) is 1. The van der Waals surface area contributed by atoms with E-state index in [4.69, 9.17) is 9.16 Å². The van der Waals surface area contributed by atoms with Gasteiger partial charge < -0.3 is 9.16 Å². The molecule has 0 radical (unpaired) electrons. The van der Waals surface area contributed by atoms with Gasteiger partial charge in [0.25, 0.3) is 0 Å². The molecule has 0 amide bonds. The van der Waals surface area contributed by atoms with Crippen LogP contribution < -0.4 is 0 Å². The zero-order chi connectivity index (χ0) is 21.9. The van der Waals surface area contributed by atoms with Crippen LogP contribution in [0.1, 0.15) is 53.9 Å². The average Bonchev–Trinajstić information content (AvgIpc) is 2.71. The number of benzene rings is 1. The van der Waals surface area contributed by atoms with Crippen LogP contribution in [0.15, 0.2) is 47.4 Å². The van der Waals surface area contributed by atoms with Gasteiger partial charge in [-0.15, -0.1) is 0 Å². The second-order valence-corrected chi connectivity index (χ2v) is 16.6. The number of allylic oxidation sites excluding steroid dienone is 1. The highest BCUT2D eigenvalue weighted by molar-refractivity contribution is 7.92. The zero-order valence-corrected chi connectivity index (χ0v) is 20.8. The van der Waals surface area contributed by atoms with Gasteiger partial charge in [0.05, 0.1) is 28.5 Å². The van der Waals surface area contributed by atoms with E-state index >= 15 is 0 Å². The standard InChI is InChI=1S/C23H38O4SSi/c1-8-19-13-12-16-21(28(24,25)20-14-10-9-11-15-20)17-22(18(2)26-19)27-29(6,7)23(3,4)5/h9-15,18-19,21-22H,8,16-17H2,1-7H3/b13-12-/t18-,19-,21?,22+/m1/s1. The van der Waals surface area contributed by atoms with E-state index in [0.29, 0.717) is 17.7 Å². The van der Waals surface area contributed by atoms with Crippen molar-refractivity contribution < 1.29 is 17.6 Å². The number of hydrogen-bond acceptors (Lipinski definition) is 4. The minimum atomic E-state index is -3.46. The lowest BCUT2D eigenvalue weighted by Crippen LogP contribution is -2.48. The minimum absolute atomic E-state index is 0.0197. The van der Waals surface area contributed by atoms with Crippen LogP contribution in [0.25, 0.3) is 0 Å². The summed E-state index contributed by atoms with van der Waals surface area (Å²) in [5.74, 6) is 0. The molecule has 29 heavy (non-hydrogen) atoms. The topological polar surface area (TPSA) is 52.6 Å². The molecule has 0 aliphatic carbocycles. The van der Waals surface area contributed by atoms with Gasteiger partial charge in [-0.1, -0.05) is 58.0 Å². The number of sulfone groups is 1. The van der Waals surface area contributed by atoms with Crippen molar-refractivity contribution in [2.75, 3.05) is 0 Å². The lowest BCUT2D eigenvalue weighted by molar-refractivity contribution is -0.0482. The highest BCUT2D eigenvalue weighted by atomic mass is 32.2. The first-order valence-electron chi connectivity index (χ1n) is 10.7. The van der Waals surface area contributed by atoms with E-state index < -0.39 is 23.4 Å². The Labute approximate surface area is 178 Å². The van der Waals surface area contributed by atoms with Crippen molar-refractivity contribution in [3.63, 3.8) is 0 Å². The van der Waals surface area contributed by atoms with Gasteiger partial charge in [-0.05, 0) is 56.5 Å². The SMILES string of the molecule is CC[C@@H]1/C=C\CC(S(=O)(=O)c2ccccc2)C[C@H](O[Si](C)(C)C(C)(C)C)[C@@H](C)O1. The van der Waals surface area contributed by atoms with Crippen LogP contribution in [0, 0.1) is 0 Å². The van der Waals surface area contributed by atoms with Crippen LogP contribution >= 0.6 is 0 Å². The third-order valence-electron chi connectivity index (χ3n) is 6.32. The summed E-state index contributed by atoms with van der Waals surface area (Å²) in [4.78, 5) is 0.379. The Balaban J connectivity index is 2.41. The number of rotatable bonds is 5. The molecule has 0 aromatic heterocycles. The smallest absolute Gasteiger partial charge is 0.192 e. The molecule has 0 fully saturated rings. The van der Waals surface area contributed by atoms with Gasteiger partial charge in [0, 0.05) is 0 Å². The molecule has 4 atom stereocenters. The highest BCUT2D eigenvalue weighted by Gasteiger charge is 2.42. The molecule has 0 saturated heterocycles. The van der Waals surface area contributed by atoms with Gasteiger partial charge in [0.2, 0.25) is 0 Å². The molecular formula is C23H38O4SSi. The molecular weight excluding hydrogens is 400 g/mol. The van der Waals surface area contributed by atoms with Gasteiger partial charge in [0.15, 0.2) is 18.2 Å². The molecule has 0 N–H and O–H groups in total. The molecule has 1 aromatic carbocycles. The van der Waals surface area contributed by atoms with Crippen LogP contribution in [-0.2, 0) is 19.0 Å². The summed E-state index contributed by atoms with van der Waals surface area (Å²) in [5, 5.41) is -0.487. The Morgan fingerprint density at radius 3 is 2.34 bits per heavy atom. The van der Waals surface area contributed by atoms with E-state index in [2.05, 4.69) is 40.8 Å². The summed E-state index contributed by atoms with van der Waals surface area (Å²) in [5.41, 5.74) is 0. The van der Waals surface area contributed by atoms with E-state index in [1.807, 2.05) is 25.1 Å². The Morgan fingerprint density at radius 1 is 1.17 bits per heavy atom. The normalized spacial score (nSPS) is 28.2. The summed E-state index contributed by atoms with van der Waals surface area (Å²) in [6, 6.07) is 8.77. The molecule has 1 heterocycles. The van der Waals surface area contributed by atoms with E-state index in [9.17, 15) is 8.42 Å². The maximum Gasteiger partial charge on any atom is 0.192 e. The Bertz CT molecular complexity index is 781. The molecule has 0 bridgehead atoms. The molecule has 4 nitrogen and oxygen atoms in total. The fraction of sp³-hybridized carbons (Fsp3) is 0.652. The van der Waals surface area contributed by atoms with Gasteiger partial charge in [-0.2, -0.15) is 0 Å². The quantitative estimate of drug-likeness (QED) is 0.434. The summed E-state index contributed by atoms with van der Waals surface area (Å²) in [6.07, 6.45) is 5.29. The van der Waals surface area contributed by atoms with Crippen molar-refractivity contribution in [2.45, 2.75) is 100 Å². The lowest BCUT2D eigenvalue weighted by Gasteiger charge is -2.41. The molecule has 0 spiro atoms. The maximum atomic E-state index is 13.4. The van der Waals surface area contributed by atoms with Crippen LogP contribution in [-0.4, -0.2) is 40.3 Å². The monoisotopic (exact) mass is 438 g/mol. The van der Waals surface area contributed by atoms with Gasteiger partial charge in [0.1, 0.15) is 0 Å².